The van der Waals surface area contributed by atoms with Gasteiger partial charge in [-0.15, -0.1) is 0 Å². The highest BCUT2D eigenvalue weighted by Gasteiger charge is 2.07. The first-order valence-electron chi connectivity index (χ1n) is 3.74. The maximum atomic E-state index is 13.0. The molecule has 1 aromatic carbocycles. The Morgan fingerprint density at radius 1 is 1.62 bits per heavy atom. The highest BCUT2D eigenvalue weighted by atomic mass is 19.1. The normalized spacial score (nSPS) is 9.69. The number of benzene rings is 1. The zero-order chi connectivity index (χ0) is 9.84. The van der Waals surface area contributed by atoms with Gasteiger partial charge in [0.25, 0.3) is 0 Å². The second-order valence-corrected chi connectivity index (χ2v) is 2.60. The van der Waals surface area contributed by atoms with Crippen LogP contribution in [0.15, 0.2) is 18.2 Å². The maximum absolute atomic E-state index is 13.0. The molecule has 3 nitrogen and oxygen atoms in total. The van der Waals surface area contributed by atoms with Crippen molar-refractivity contribution in [2.45, 2.75) is 6.42 Å². The third-order valence-corrected chi connectivity index (χ3v) is 1.63. The minimum Gasteiger partial charge on any atom is -0.469 e. The second-order valence-electron chi connectivity index (χ2n) is 2.60. The van der Waals surface area contributed by atoms with Gasteiger partial charge >= 0.3 is 5.97 Å². The molecule has 1 aromatic rings. The van der Waals surface area contributed by atoms with Gasteiger partial charge in [-0.25, -0.2) is 4.39 Å². The number of carbonyl (C=O) groups is 1. The molecule has 0 saturated heterocycles. The minimum atomic E-state index is -0.482. The second kappa shape index (κ2) is 3.89. The Hall–Kier alpha value is -1.58. The Morgan fingerprint density at radius 2 is 2.31 bits per heavy atom. The van der Waals surface area contributed by atoms with Crippen LogP contribution >= 0.6 is 0 Å². The predicted octanol–water partition coefficient (Wildman–Crippen LogP) is 1.12. The topological polar surface area (TPSA) is 52.3 Å². The first-order valence-corrected chi connectivity index (χ1v) is 3.74. The fraction of sp³-hybridized carbons (Fsp3) is 0.222. The van der Waals surface area contributed by atoms with E-state index in [0.717, 1.165) is 0 Å². The molecule has 0 aliphatic heterocycles. The van der Waals surface area contributed by atoms with E-state index in [1.54, 1.807) is 0 Å². The molecule has 70 valence electrons. The zero-order valence-electron chi connectivity index (χ0n) is 7.21. The number of carbonyl (C=O) groups excluding carboxylic acids is 1. The fourth-order valence-corrected chi connectivity index (χ4v) is 0.958. The number of esters is 1. The van der Waals surface area contributed by atoms with Gasteiger partial charge in [-0.05, 0) is 18.2 Å². The Kier molecular flexibility index (Phi) is 2.84. The maximum Gasteiger partial charge on any atom is 0.310 e. The smallest absolute Gasteiger partial charge is 0.310 e. The third kappa shape index (κ3) is 2.43. The Labute approximate surface area is 75.3 Å². The van der Waals surface area contributed by atoms with Gasteiger partial charge in [-0.3, -0.25) is 4.79 Å². The van der Waals surface area contributed by atoms with E-state index < -0.39 is 11.8 Å². The van der Waals surface area contributed by atoms with Gasteiger partial charge in [0.15, 0.2) is 0 Å². The molecular weight excluding hydrogens is 173 g/mol. The van der Waals surface area contributed by atoms with E-state index in [1.807, 2.05) is 0 Å². The lowest BCUT2D eigenvalue weighted by molar-refractivity contribution is -0.139. The summed E-state index contributed by atoms with van der Waals surface area (Å²) in [6, 6.07) is 4.09. The van der Waals surface area contributed by atoms with E-state index in [0.29, 0.717) is 5.69 Å². The number of halogens is 1. The highest BCUT2D eigenvalue weighted by molar-refractivity contribution is 5.72. The number of ether oxygens (including phenoxy) is 1. The summed E-state index contributed by atoms with van der Waals surface area (Å²) in [7, 11) is 1.26. The van der Waals surface area contributed by atoms with E-state index >= 15 is 0 Å². The quantitative estimate of drug-likeness (QED) is 0.552. The molecule has 0 bridgehead atoms. The van der Waals surface area contributed by atoms with Crippen molar-refractivity contribution in [1.29, 1.82) is 0 Å². The summed E-state index contributed by atoms with van der Waals surface area (Å²) in [5, 5.41) is 0. The molecule has 2 N–H and O–H groups in total. The predicted molar refractivity (Wildman–Crippen MR) is 46.5 cm³/mol. The highest BCUT2D eigenvalue weighted by Crippen LogP contribution is 2.12. The lowest BCUT2D eigenvalue weighted by Gasteiger charge is -2.02. The van der Waals surface area contributed by atoms with Gasteiger partial charge in [0.2, 0.25) is 0 Å². The van der Waals surface area contributed by atoms with E-state index in [1.165, 1.54) is 25.3 Å². The van der Waals surface area contributed by atoms with Crippen LogP contribution in [0.5, 0.6) is 0 Å². The van der Waals surface area contributed by atoms with Crippen LogP contribution in [-0.4, -0.2) is 13.1 Å². The number of hydrogen-bond acceptors (Lipinski definition) is 3. The number of methoxy groups -OCH3 is 1. The number of nitrogen functional groups attached to an aromatic ring is 1. The summed E-state index contributed by atoms with van der Waals surface area (Å²) >= 11 is 0. The molecule has 1 rings (SSSR count). The molecular formula is C9H10FNO2. The molecule has 13 heavy (non-hydrogen) atoms. The molecule has 0 saturated carbocycles. The average molecular weight is 183 g/mol. The van der Waals surface area contributed by atoms with Crippen LogP contribution in [-0.2, 0) is 16.0 Å². The molecule has 0 aliphatic carbocycles. The van der Waals surface area contributed by atoms with Crippen LogP contribution in [0.1, 0.15) is 5.56 Å². The van der Waals surface area contributed by atoms with E-state index in [4.69, 9.17) is 5.73 Å². The van der Waals surface area contributed by atoms with Gasteiger partial charge in [-0.1, -0.05) is 0 Å². The minimum absolute atomic E-state index is 0.0899. The summed E-state index contributed by atoms with van der Waals surface area (Å²) < 4.78 is 17.4. The summed E-state index contributed by atoms with van der Waals surface area (Å²) in [6.45, 7) is 0. The molecule has 0 amide bonds. The van der Waals surface area contributed by atoms with Crippen molar-refractivity contribution >= 4 is 11.7 Å². The van der Waals surface area contributed by atoms with E-state index in [-0.39, 0.29) is 12.0 Å². The van der Waals surface area contributed by atoms with Crippen molar-refractivity contribution in [3.05, 3.63) is 29.6 Å². The molecule has 0 atom stereocenters. The molecule has 0 aliphatic rings. The lowest BCUT2D eigenvalue weighted by atomic mass is 10.1. The molecule has 0 fully saturated rings. The van der Waals surface area contributed by atoms with Gasteiger partial charge in [0.1, 0.15) is 5.82 Å². The zero-order valence-corrected chi connectivity index (χ0v) is 7.21. The van der Waals surface area contributed by atoms with E-state index in [2.05, 4.69) is 4.74 Å². The van der Waals surface area contributed by atoms with Crippen molar-refractivity contribution < 1.29 is 13.9 Å². The van der Waals surface area contributed by atoms with Gasteiger partial charge < -0.3 is 10.5 Å². The number of anilines is 1. The van der Waals surface area contributed by atoms with Gasteiger partial charge in [0.05, 0.1) is 13.5 Å². The van der Waals surface area contributed by atoms with Crippen LogP contribution in [0.3, 0.4) is 0 Å². The van der Waals surface area contributed by atoms with Crippen molar-refractivity contribution in [2.24, 2.45) is 0 Å². The fourth-order valence-electron chi connectivity index (χ4n) is 0.958. The van der Waals surface area contributed by atoms with Crippen LogP contribution in [0.2, 0.25) is 0 Å². The monoisotopic (exact) mass is 183 g/mol. The van der Waals surface area contributed by atoms with Crippen molar-refractivity contribution in [3.63, 3.8) is 0 Å². The summed E-state index contributed by atoms with van der Waals surface area (Å²) in [5.41, 5.74) is 6.11. The third-order valence-electron chi connectivity index (χ3n) is 1.63. The Morgan fingerprint density at radius 3 is 2.92 bits per heavy atom. The molecule has 0 unspecified atom stereocenters. The molecule has 0 heterocycles. The molecule has 4 heteroatoms. The van der Waals surface area contributed by atoms with E-state index in [9.17, 15) is 9.18 Å². The SMILES string of the molecule is COC(=O)Cc1cc(N)ccc1F. The first-order chi connectivity index (χ1) is 6.13. The Balaban J connectivity index is 2.87. The summed E-state index contributed by atoms with van der Waals surface area (Å²) in [6.07, 6.45) is -0.0899. The number of nitrogens with two attached hydrogens (primary N) is 1. The standard InChI is InChI=1S/C9H10FNO2/c1-13-9(12)5-6-4-7(11)2-3-8(6)10/h2-4H,5,11H2,1H3. The number of hydrogen-bond donors (Lipinski definition) is 1. The van der Waals surface area contributed by atoms with Crippen LogP contribution in [0.25, 0.3) is 0 Å². The van der Waals surface area contributed by atoms with Crippen LogP contribution in [0.4, 0.5) is 10.1 Å². The average Bonchev–Trinajstić information content (AvgIpc) is 2.11. The summed E-state index contributed by atoms with van der Waals surface area (Å²) in [4.78, 5) is 10.8. The van der Waals surface area contributed by atoms with Gasteiger partial charge in [-0.2, -0.15) is 0 Å². The summed E-state index contributed by atoms with van der Waals surface area (Å²) in [5.74, 6) is -0.927. The lowest BCUT2D eigenvalue weighted by Crippen LogP contribution is -2.06. The molecule has 0 aromatic heterocycles. The van der Waals surface area contributed by atoms with Crippen molar-refractivity contribution in [3.8, 4) is 0 Å². The largest absolute Gasteiger partial charge is 0.469 e. The van der Waals surface area contributed by atoms with Gasteiger partial charge in [0, 0.05) is 11.3 Å². The molecule has 0 spiro atoms. The van der Waals surface area contributed by atoms with Crippen LogP contribution in [0, 0.1) is 5.82 Å². The Bertz CT molecular complexity index is 325. The van der Waals surface area contributed by atoms with Crippen LogP contribution < -0.4 is 5.73 Å². The first kappa shape index (κ1) is 9.51. The van der Waals surface area contributed by atoms with Crippen molar-refractivity contribution in [1.82, 2.24) is 0 Å². The molecule has 0 radical (unpaired) electrons. The van der Waals surface area contributed by atoms with Crippen molar-refractivity contribution in [2.75, 3.05) is 12.8 Å². The number of rotatable bonds is 2.